The third-order valence-corrected chi connectivity index (χ3v) is 2.79. The first kappa shape index (κ1) is 14.2. The van der Waals surface area contributed by atoms with Crippen molar-refractivity contribution in [2.75, 3.05) is 46.9 Å². The number of rotatable bonds is 9. The highest BCUT2D eigenvalue weighted by Gasteiger charge is 1.99. The molecule has 0 aliphatic rings. The summed E-state index contributed by atoms with van der Waals surface area (Å²) >= 11 is 0. The fraction of sp³-hybridized carbons (Fsp3) is 0.750. The number of nitrogens with one attached hydrogen (secondary N) is 1. The summed E-state index contributed by atoms with van der Waals surface area (Å²) in [5.74, 6) is 1.13. The maximum absolute atomic E-state index is 5.03. The van der Waals surface area contributed by atoms with Crippen molar-refractivity contribution in [2.24, 2.45) is 7.05 Å². The van der Waals surface area contributed by atoms with E-state index in [4.69, 9.17) is 4.74 Å². The SMILES string of the molecule is COCCN(C)CCNCCc1nccn1C. The van der Waals surface area contributed by atoms with Crippen LogP contribution in [0.3, 0.4) is 0 Å². The highest BCUT2D eigenvalue weighted by Crippen LogP contribution is 1.93. The molecule has 0 saturated carbocycles. The van der Waals surface area contributed by atoms with E-state index in [1.54, 1.807) is 7.11 Å². The molecule has 0 aromatic carbocycles. The number of methoxy groups -OCH3 is 1. The zero-order valence-electron chi connectivity index (χ0n) is 11.1. The highest BCUT2D eigenvalue weighted by molar-refractivity contribution is 4.91. The molecule has 0 amide bonds. The van der Waals surface area contributed by atoms with Gasteiger partial charge in [0.25, 0.3) is 0 Å². The third kappa shape index (κ3) is 5.81. The maximum Gasteiger partial charge on any atom is 0.109 e. The number of aromatic nitrogens is 2. The summed E-state index contributed by atoms with van der Waals surface area (Å²) in [5.41, 5.74) is 0. The Bertz CT molecular complexity index is 300. The molecule has 0 spiro atoms. The van der Waals surface area contributed by atoms with Crippen LogP contribution >= 0.6 is 0 Å². The minimum atomic E-state index is 0.795. The lowest BCUT2D eigenvalue weighted by Gasteiger charge is -2.16. The van der Waals surface area contributed by atoms with E-state index in [2.05, 4.69) is 26.8 Å². The number of aryl methyl sites for hydroxylation is 1. The monoisotopic (exact) mass is 240 g/mol. The first-order chi connectivity index (χ1) is 8.24. The molecular weight excluding hydrogens is 216 g/mol. The van der Waals surface area contributed by atoms with E-state index in [-0.39, 0.29) is 0 Å². The predicted molar refractivity (Wildman–Crippen MR) is 69.2 cm³/mol. The van der Waals surface area contributed by atoms with Gasteiger partial charge in [-0.2, -0.15) is 0 Å². The van der Waals surface area contributed by atoms with Crippen LogP contribution < -0.4 is 5.32 Å². The molecule has 0 radical (unpaired) electrons. The lowest BCUT2D eigenvalue weighted by molar-refractivity contribution is 0.161. The summed E-state index contributed by atoms with van der Waals surface area (Å²) in [7, 11) is 5.87. The van der Waals surface area contributed by atoms with Gasteiger partial charge in [-0.3, -0.25) is 0 Å². The molecule has 1 heterocycles. The van der Waals surface area contributed by atoms with Crippen molar-refractivity contribution in [1.82, 2.24) is 19.8 Å². The Kier molecular flexibility index (Phi) is 6.84. The second kappa shape index (κ2) is 8.22. The Balaban J connectivity index is 1.99. The summed E-state index contributed by atoms with van der Waals surface area (Å²) in [4.78, 5) is 6.55. The number of likely N-dealkylation sites (N-methyl/N-ethyl adjacent to an activating group) is 1. The van der Waals surface area contributed by atoms with E-state index in [0.717, 1.165) is 45.0 Å². The largest absolute Gasteiger partial charge is 0.383 e. The topological polar surface area (TPSA) is 42.3 Å². The molecule has 0 fully saturated rings. The molecule has 5 heteroatoms. The number of ether oxygens (including phenoxy) is 1. The van der Waals surface area contributed by atoms with Gasteiger partial charge in [-0.15, -0.1) is 0 Å². The molecule has 1 N–H and O–H groups in total. The second-order valence-corrected chi connectivity index (χ2v) is 4.25. The van der Waals surface area contributed by atoms with E-state index in [0.29, 0.717) is 0 Å². The average molecular weight is 240 g/mol. The van der Waals surface area contributed by atoms with Crippen LogP contribution in [0.2, 0.25) is 0 Å². The normalized spacial score (nSPS) is 11.3. The van der Waals surface area contributed by atoms with E-state index in [1.165, 1.54) is 0 Å². The van der Waals surface area contributed by atoms with Gasteiger partial charge in [0.05, 0.1) is 6.61 Å². The molecule has 1 aromatic rings. The minimum Gasteiger partial charge on any atom is -0.383 e. The summed E-state index contributed by atoms with van der Waals surface area (Å²) in [6.07, 6.45) is 4.80. The van der Waals surface area contributed by atoms with Crippen molar-refractivity contribution in [3.63, 3.8) is 0 Å². The van der Waals surface area contributed by atoms with Gasteiger partial charge in [0.1, 0.15) is 5.82 Å². The molecule has 17 heavy (non-hydrogen) atoms. The van der Waals surface area contributed by atoms with Crippen LogP contribution in [0.5, 0.6) is 0 Å². The number of hydrogen-bond acceptors (Lipinski definition) is 4. The van der Waals surface area contributed by atoms with Crippen LogP contribution in [-0.4, -0.2) is 61.4 Å². The molecule has 0 aliphatic heterocycles. The lowest BCUT2D eigenvalue weighted by atomic mass is 10.4. The Hall–Kier alpha value is -0.910. The molecule has 0 bridgehead atoms. The quantitative estimate of drug-likeness (QED) is 0.623. The van der Waals surface area contributed by atoms with Crippen molar-refractivity contribution in [1.29, 1.82) is 0 Å². The van der Waals surface area contributed by atoms with E-state index >= 15 is 0 Å². The first-order valence-corrected chi connectivity index (χ1v) is 6.08. The fourth-order valence-corrected chi connectivity index (χ4v) is 1.59. The van der Waals surface area contributed by atoms with Crippen LogP contribution in [0, 0.1) is 0 Å². The van der Waals surface area contributed by atoms with Crippen LogP contribution in [0.4, 0.5) is 0 Å². The average Bonchev–Trinajstić information content (AvgIpc) is 2.72. The van der Waals surface area contributed by atoms with Crippen molar-refractivity contribution in [2.45, 2.75) is 6.42 Å². The molecule has 0 aliphatic carbocycles. The molecule has 0 saturated heterocycles. The minimum absolute atomic E-state index is 0.795. The molecule has 1 rings (SSSR count). The van der Waals surface area contributed by atoms with Gasteiger partial charge < -0.3 is 19.5 Å². The van der Waals surface area contributed by atoms with E-state index in [9.17, 15) is 0 Å². The lowest BCUT2D eigenvalue weighted by Crippen LogP contribution is -2.32. The Morgan fingerprint density at radius 3 is 2.88 bits per heavy atom. The summed E-state index contributed by atoms with van der Waals surface area (Å²) < 4.78 is 7.09. The molecular formula is C12H24N4O. The number of hydrogen-bond donors (Lipinski definition) is 1. The van der Waals surface area contributed by atoms with E-state index < -0.39 is 0 Å². The van der Waals surface area contributed by atoms with Gasteiger partial charge >= 0.3 is 0 Å². The van der Waals surface area contributed by atoms with Crippen LogP contribution in [-0.2, 0) is 18.2 Å². The van der Waals surface area contributed by atoms with Gasteiger partial charge in [-0.25, -0.2) is 4.98 Å². The second-order valence-electron chi connectivity index (χ2n) is 4.25. The maximum atomic E-state index is 5.03. The van der Waals surface area contributed by atoms with Gasteiger partial charge in [-0.1, -0.05) is 0 Å². The van der Waals surface area contributed by atoms with Gasteiger partial charge in [0, 0.05) is 59.2 Å². The smallest absolute Gasteiger partial charge is 0.109 e. The molecule has 1 aromatic heterocycles. The van der Waals surface area contributed by atoms with E-state index in [1.807, 2.05) is 19.4 Å². The summed E-state index contributed by atoms with van der Waals surface area (Å²) in [5, 5.41) is 3.42. The van der Waals surface area contributed by atoms with Gasteiger partial charge in [0.2, 0.25) is 0 Å². The zero-order chi connectivity index (χ0) is 12.5. The zero-order valence-corrected chi connectivity index (χ0v) is 11.1. The van der Waals surface area contributed by atoms with Gasteiger partial charge in [0.15, 0.2) is 0 Å². The van der Waals surface area contributed by atoms with Crippen molar-refractivity contribution in [3.8, 4) is 0 Å². The van der Waals surface area contributed by atoms with Gasteiger partial charge in [-0.05, 0) is 7.05 Å². The number of nitrogens with zero attached hydrogens (tertiary/aromatic N) is 3. The molecule has 5 nitrogen and oxygen atoms in total. The third-order valence-electron chi connectivity index (χ3n) is 2.79. The van der Waals surface area contributed by atoms with Crippen molar-refractivity contribution < 1.29 is 4.74 Å². The highest BCUT2D eigenvalue weighted by atomic mass is 16.5. The van der Waals surface area contributed by atoms with Crippen LogP contribution in [0.25, 0.3) is 0 Å². The first-order valence-electron chi connectivity index (χ1n) is 6.08. The standard InChI is InChI=1S/C12H24N4O/c1-15(10-11-17-3)8-6-13-5-4-12-14-7-9-16(12)2/h7,9,13H,4-6,8,10-11H2,1-3H3. The van der Waals surface area contributed by atoms with Crippen LogP contribution in [0.15, 0.2) is 12.4 Å². The van der Waals surface area contributed by atoms with Crippen molar-refractivity contribution >= 4 is 0 Å². The molecule has 0 unspecified atom stereocenters. The Morgan fingerprint density at radius 2 is 2.24 bits per heavy atom. The van der Waals surface area contributed by atoms with Crippen molar-refractivity contribution in [3.05, 3.63) is 18.2 Å². The Morgan fingerprint density at radius 1 is 1.41 bits per heavy atom. The van der Waals surface area contributed by atoms with Crippen LogP contribution in [0.1, 0.15) is 5.82 Å². The summed E-state index contributed by atoms with van der Waals surface area (Å²) in [6.45, 7) is 4.80. The molecule has 98 valence electrons. The molecule has 0 atom stereocenters. The predicted octanol–water partition coefficient (Wildman–Crippen LogP) is 0.130. The number of imidazole rings is 1. The fourth-order valence-electron chi connectivity index (χ4n) is 1.59. The summed E-state index contributed by atoms with van der Waals surface area (Å²) in [6, 6.07) is 0. The Labute approximate surface area is 104 Å².